The average Bonchev–Trinajstić information content (AvgIpc) is 3.47. The van der Waals surface area contributed by atoms with Gasteiger partial charge in [0.15, 0.2) is 0 Å². The summed E-state index contributed by atoms with van der Waals surface area (Å²) in [6, 6.07) is 4.51. The van der Waals surface area contributed by atoms with Gasteiger partial charge in [0, 0.05) is 24.7 Å². The van der Waals surface area contributed by atoms with Crippen LogP contribution in [0, 0.1) is 5.92 Å². The van der Waals surface area contributed by atoms with Gasteiger partial charge in [0.05, 0.1) is 12.9 Å². The number of unbranched alkanes of at least 4 members (excludes halogenated alkanes) is 1. The second-order valence-corrected chi connectivity index (χ2v) is 10.3. The fourth-order valence-electron chi connectivity index (χ4n) is 4.21. The predicted molar refractivity (Wildman–Crippen MR) is 155 cm³/mol. The number of nitrogens with two attached hydrogens (primary N) is 2. The molecule has 14 heteroatoms. The maximum atomic E-state index is 13.6. The quantitative estimate of drug-likeness (QED) is 0.0995. The van der Waals surface area contributed by atoms with E-state index in [4.69, 9.17) is 11.5 Å². The summed E-state index contributed by atoms with van der Waals surface area (Å²) in [5, 5.41) is 20.0. The molecule has 1 heterocycles. The monoisotopic (exact) mass is 586 g/mol. The number of imidazole rings is 1. The molecule has 230 valence electrons. The van der Waals surface area contributed by atoms with Crippen molar-refractivity contribution >= 4 is 29.6 Å². The summed E-state index contributed by atoms with van der Waals surface area (Å²) in [5.74, 6) is -4.10. The highest BCUT2D eigenvalue weighted by Gasteiger charge is 2.32. The maximum absolute atomic E-state index is 13.6. The topological polar surface area (TPSA) is 234 Å². The Balaban J connectivity index is 2.28. The molecule has 0 aliphatic heterocycles. The Bertz CT molecular complexity index is 1160. The van der Waals surface area contributed by atoms with Gasteiger partial charge < -0.3 is 42.8 Å². The third kappa shape index (κ3) is 11.3. The third-order valence-electron chi connectivity index (χ3n) is 6.54. The van der Waals surface area contributed by atoms with Crippen molar-refractivity contribution in [3.05, 3.63) is 54.1 Å². The van der Waals surface area contributed by atoms with Gasteiger partial charge >= 0.3 is 5.97 Å². The van der Waals surface area contributed by atoms with Crippen LogP contribution >= 0.6 is 0 Å². The van der Waals surface area contributed by atoms with Crippen molar-refractivity contribution in [3.63, 3.8) is 0 Å². The van der Waals surface area contributed by atoms with Crippen molar-refractivity contribution in [2.24, 2.45) is 17.4 Å². The molecule has 0 radical (unpaired) electrons. The standard InChI is InChI=1S/C28H42N8O6/c1-17(2)24(28(41)42)36-27(40)21(12-18-8-4-3-5-9-18)35-25(38)20(10-6-7-11-29)34-26(39)22(33-23(37)14-30)13-19-15-31-16-32-19/h3-5,8-9,15-17,20-22,24H,6-7,10-14,29-30H2,1-2H3,(H,31,32)(H,33,37)(H,34,39)(H,35,38)(H,36,40)(H,41,42)/t20-,21-,22-,24-/m0/s1. The lowest BCUT2D eigenvalue weighted by molar-refractivity contribution is -0.143. The zero-order valence-corrected chi connectivity index (χ0v) is 24.0. The van der Waals surface area contributed by atoms with Crippen LogP contribution in [0.2, 0.25) is 0 Å². The van der Waals surface area contributed by atoms with E-state index < -0.39 is 59.7 Å². The molecule has 0 unspecified atom stereocenters. The van der Waals surface area contributed by atoms with E-state index in [2.05, 4.69) is 31.2 Å². The number of hydrogen-bond donors (Lipinski definition) is 8. The van der Waals surface area contributed by atoms with Gasteiger partial charge in [0.25, 0.3) is 0 Å². The lowest BCUT2D eigenvalue weighted by Gasteiger charge is -2.27. The van der Waals surface area contributed by atoms with E-state index in [1.54, 1.807) is 38.1 Å². The minimum Gasteiger partial charge on any atom is -0.480 e. The molecular formula is C28H42N8O6. The van der Waals surface area contributed by atoms with Crippen LogP contribution in [0.4, 0.5) is 0 Å². The van der Waals surface area contributed by atoms with E-state index in [0.717, 1.165) is 5.56 Å². The van der Waals surface area contributed by atoms with E-state index >= 15 is 0 Å². The van der Waals surface area contributed by atoms with Crippen LogP contribution in [-0.4, -0.2) is 81.9 Å². The number of benzene rings is 1. The summed E-state index contributed by atoms with van der Waals surface area (Å²) in [6.07, 6.45) is 4.39. The van der Waals surface area contributed by atoms with Gasteiger partial charge in [-0.3, -0.25) is 19.2 Å². The summed E-state index contributed by atoms with van der Waals surface area (Å²) >= 11 is 0. The first-order valence-electron chi connectivity index (χ1n) is 13.9. The molecule has 0 bridgehead atoms. The summed E-state index contributed by atoms with van der Waals surface area (Å²) in [4.78, 5) is 70.7. The molecule has 10 N–H and O–H groups in total. The Morgan fingerprint density at radius 3 is 2.05 bits per heavy atom. The van der Waals surface area contributed by atoms with Gasteiger partial charge in [-0.25, -0.2) is 9.78 Å². The highest BCUT2D eigenvalue weighted by molar-refractivity contribution is 5.95. The summed E-state index contributed by atoms with van der Waals surface area (Å²) < 4.78 is 0. The van der Waals surface area contributed by atoms with E-state index in [1.807, 2.05) is 6.07 Å². The first-order chi connectivity index (χ1) is 20.0. The normalized spacial score (nSPS) is 13.8. The van der Waals surface area contributed by atoms with Crippen LogP contribution in [0.25, 0.3) is 0 Å². The fourth-order valence-corrected chi connectivity index (χ4v) is 4.21. The molecule has 4 atom stereocenters. The second-order valence-electron chi connectivity index (χ2n) is 10.3. The van der Waals surface area contributed by atoms with E-state index in [9.17, 15) is 29.1 Å². The van der Waals surface area contributed by atoms with Gasteiger partial charge in [-0.2, -0.15) is 0 Å². The Morgan fingerprint density at radius 2 is 1.48 bits per heavy atom. The molecule has 0 aliphatic rings. The Hall–Kier alpha value is -4.30. The largest absolute Gasteiger partial charge is 0.480 e. The fraction of sp³-hybridized carbons (Fsp3) is 0.500. The summed E-state index contributed by atoms with van der Waals surface area (Å²) in [6.45, 7) is 3.37. The third-order valence-corrected chi connectivity index (χ3v) is 6.54. The number of carbonyl (C=O) groups excluding carboxylic acids is 4. The van der Waals surface area contributed by atoms with E-state index in [0.29, 0.717) is 25.1 Å². The van der Waals surface area contributed by atoms with Gasteiger partial charge in [-0.1, -0.05) is 44.2 Å². The number of H-pyrrole nitrogens is 1. The van der Waals surface area contributed by atoms with Crippen LogP contribution < -0.4 is 32.7 Å². The SMILES string of the molecule is CC(C)[C@H](NC(=O)[C@H](Cc1ccccc1)NC(=O)[C@H](CCCCN)NC(=O)[C@H](Cc1cnc[nH]1)NC(=O)CN)C(=O)O. The lowest BCUT2D eigenvalue weighted by atomic mass is 10.0. The number of carboxylic acids is 1. The number of hydrogen-bond acceptors (Lipinski definition) is 8. The minimum absolute atomic E-state index is 0.0690. The van der Waals surface area contributed by atoms with E-state index in [1.165, 1.54) is 12.5 Å². The molecule has 2 rings (SSSR count). The minimum atomic E-state index is -1.20. The highest BCUT2D eigenvalue weighted by Crippen LogP contribution is 2.09. The van der Waals surface area contributed by atoms with Crippen LogP contribution in [0.3, 0.4) is 0 Å². The second kappa shape index (κ2) is 17.5. The van der Waals surface area contributed by atoms with Gasteiger partial charge in [-0.05, 0) is 37.3 Å². The zero-order valence-electron chi connectivity index (χ0n) is 24.0. The first kappa shape index (κ1) is 33.9. The molecule has 4 amide bonds. The van der Waals surface area contributed by atoms with Crippen molar-refractivity contribution < 1.29 is 29.1 Å². The van der Waals surface area contributed by atoms with Crippen molar-refractivity contribution in [1.29, 1.82) is 0 Å². The first-order valence-corrected chi connectivity index (χ1v) is 13.9. The number of aromatic nitrogens is 2. The molecule has 0 spiro atoms. The smallest absolute Gasteiger partial charge is 0.326 e. The zero-order chi connectivity index (χ0) is 31.1. The van der Waals surface area contributed by atoms with Crippen molar-refractivity contribution in [3.8, 4) is 0 Å². The van der Waals surface area contributed by atoms with Crippen molar-refractivity contribution in [1.82, 2.24) is 31.2 Å². The van der Waals surface area contributed by atoms with Crippen LogP contribution in [0.1, 0.15) is 44.4 Å². The maximum Gasteiger partial charge on any atom is 0.326 e. The molecule has 1 aromatic carbocycles. The Morgan fingerprint density at radius 1 is 0.857 bits per heavy atom. The number of nitrogens with zero attached hydrogens (tertiary/aromatic N) is 1. The summed E-state index contributed by atoms with van der Waals surface area (Å²) in [7, 11) is 0. The highest BCUT2D eigenvalue weighted by atomic mass is 16.4. The Kier molecular flexibility index (Phi) is 14.1. The van der Waals surface area contributed by atoms with Crippen LogP contribution in [-0.2, 0) is 36.8 Å². The Labute approximate surface area is 244 Å². The molecule has 14 nitrogen and oxygen atoms in total. The van der Waals surface area contributed by atoms with Gasteiger partial charge in [-0.15, -0.1) is 0 Å². The number of aliphatic carboxylic acids is 1. The molecule has 0 saturated heterocycles. The molecule has 2 aromatic rings. The van der Waals surface area contributed by atoms with Crippen molar-refractivity contribution in [2.45, 2.75) is 70.1 Å². The van der Waals surface area contributed by atoms with E-state index in [-0.39, 0.29) is 25.8 Å². The number of aromatic amines is 1. The van der Waals surface area contributed by atoms with Crippen LogP contribution in [0.5, 0.6) is 0 Å². The number of nitrogens with one attached hydrogen (secondary N) is 5. The molecule has 0 fully saturated rings. The number of amides is 4. The van der Waals surface area contributed by atoms with Gasteiger partial charge in [0.2, 0.25) is 23.6 Å². The molecular weight excluding hydrogens is 544 g/mol. The number of carboxylic acid groups (broad SMARTS) is 1. The molecule has 42 heavy (non-hydrogen) atoms. The van der Waals surface area contributed by atoms with Gasteiger partial charge in [0.1, 0.15) is 24.2 Å². The number of carbonyl (C=O) groups is 5. The molecule has 1 aromatic heterocycles. The lowest BCUT2D eigenvalue weighted by Crippen LogP contribution is -2.59. The van der Waals surface area contributed by atoms with Crippen molar-refractivity contribution in [2.75, 3.05) is 13.1 Å². The van der Waals surface area contributed by atoms with Crippen LogP contribution in [0.15, 0.2) is 42.9 Å². The number of rotatable bonds is 18. The average molecular weight is 587 g/mol. The summed E-state index contributed by atoms with van der Waals surface area (Å²) in [5.41, 5.74) is 12.4. The molecule has 0 aliphatic carbocycles. The molecule has 0 saturated carbocycles. The predicted octanol–water partition coefficient (Wildman–Crippen LogP) is -1.04.